The Kier molecular flexibility index (Phi) is 7.31. The van der Waals surface area contributed by atoms with Gasteiger partial charge in [-0.25, -0.2) is 0 Å². The Labute approximate surface area is 186 Å². The van der Waals surface area contributed by atoms with Crippen LogP contribution in [0.5, 0.6) is 5.75 Å². The van der Waals surface area contributed by atoms with Crippen molar-refractivity contribution in [1.82, 2.24) is 9.88 Å². The number of aromatic nitrogens is 1. The Bertz CT molecular complexity index is 999. The van der Waals surface area contributed by atoms with E-state index in [4.69, 9.17) is 40.2 Å². The number of thiocarbonyl (C=S) groups is 1. The van der Waals surface area contributed by atoms with Crippen molar-refractivity contribution in [2.45, 2.75) is 20.0 Å². The molecule has 7 heteroatoms. The zero-order valence-corrected chi connectivity index (χ0v) is 18.5. The average molecular weight is 446 g/mol. The maximum atomic E-state index is 6.40. The van der Waals surface area contributed by atoms with Crippen LogP contribution in [0.3, 0.4) is 0 Å². The number of nitrogens with zero attached hydrogens (tertiary/aromatic N) is 2. The van der Waals surface area contributed by atoms with Crippen molar-refractivity contribution in [3.8, 4) is 5.75 Å². The first-order chi connectivity index (χ1) is 14.0. The van der Waals surface area contributed by atoms with E-state index < -0.39 is 0 Å². The van der Waals surface area contributed by atoms with E-state index in [-0.39, 0.29) is 0 Å². The van der Waals surface area contributed by atoms with Crippen molar-refractivity contribution in [2.75, 3.05) is 12.4 Å². The minimum absolute atomic E-state index is 0.519. The molecule has 0 saturated carbocycles. The molecule has 0 saturated heterocycles. The number of hydrogen-bond donors (Lipinski definition) is 1. The topological polar surface area (TPSA) is 37.4 Å². The van der Waals surface area contributed by atoms with Crippen LogP contribution in [-0.4, -0.2) is 22.1 Å². The molecule has 0 spiro atoms. The van der Waals surface area contributed by atoms with Gasteiger partial charge in [0.2, 0.25) is 0 Å². The summed E-state index contributed by atoms with van der Waals surface area (Å²) in [7, 11) is 1.64. The zero-order valence-electron chi connectivity index (χ0n) is 16.2. The molecule has 0 aliphatic carbocycles. The minimum atomic E-state index is 0.519. The molecule has 2 aromatic carbocycles. The zero-order chi connectivity index (χ0) is 20.8. The maximum Gasteiger partial charge on any atom is 0.174 e. The number of ether oxygens (including phenoxy) is 1. The number of halogens is 2. The minimum Gasteiger partial charge on any atom is -0.495 e. The van der Waals surface area contributed by atoms with Crippen LogP contribution in [0.25, 0.3) is 0 Å². The molecule has 3 aromatic rings. The van der Waals surface area contributed by atoms with Gasteiger partial charge in [0.05, 0.1) is 12.8 Å². The lowest BCUT2D eigenvalue weighted by Crippen LogP contribution is -2.34. The van der Waals surface area contributed by atoms with E-state index in [1.807, 2.05) is 60.5 Å². The molecule has 1 heterocycles. The van der Waals surface area contributed by atoms with Gasteiger partial charge in [0.25, 0.3) is 0 Å². The molecule has 150 valence electrons. The first kappa shape index (κ1) is 21.4. The lowest BCUT2D eigenvalue weighted by Gasteiger charge is -2.27. The fraction of sp³-hybridized carbons (Fsp3) is 0.182. The summed E-state index contributed by atoms with van der Waals surface area (Å²) in [6.07, 6.45) is 3.57. The molecule has 0 aliphatic heterocycles. The second-order valence-electron chi connectivity index (χ2n) is 6.59. The number of nitrogens with one attached hydrogen (secondary N) is 1. The normalized spacial score (nSPS) is 10.5. The smallest absolute Gasteiger partial charge is 0.174 e. The average Bonchev–Trinajstić information content (AvgIpc) is 2.71. The quantitative estimate of drug-likeness (QED) is 0.463. The molecule has 0 fully saturated rings. The molecule has 1 aromatic heterocycles. The Balaban J connectivity index is 1.86. The van der Waals surface area contributed by atoms with Crippen LogP contribution in [0.15, 0.2) is 60.9 Å². The van der Waals surface area contributed by atoms with Crippen molar-refractivity contribution in [3.05, 3.63) is 87.7 Å². The highest BCUT2D eigenvalue weighted by Gasteiger charge is 2.15. The molecule has 29 heavy (non-hydrogen) atoms. The van der Waals surface area contributed by atoms with Gasteiger partial charge in [-0.3, -0.25) is 4.98 Å². The number of aryl methyl sites for hydroxylation is 1. The molecule has 0 amide bonds. The molecule has 0 unspecified atom stereocenters. The number of anilines is 1. The Morgan fingerprint density at radius 3 is 2.66 bits per heavy atom. The van der Waals surface area contributed by atoms with Crippen molar-refractivity contribution in [3.63, 3.8) is 0 Å². The third-order valence-electron chi connectivity index (χ3n) is 4.36. The summed E-state index contributed by atoms with van der Waals surface area (Å²) in [5.74, 6) is 0.734. The van der Waals surface area contributed by atoms with E-state index in [1.54, 1.807) is 19.4 Å². The SMILES string of the molecule is COc1cc(C)ccc1NC(=S)N(Cc1cccnc1)Cc1ccc(Cl)cc1Cl. The van der Waals surface area contributed by atoms with Gasteiger partial charge in [-0.1, -0.05) is 41.4 Å². The van der Waals surface area contributed by atoms with Gasteiger partial charge < -0.3 is 15.0 Å². The van der Waals surface area contributed by atoms with Crippen molar-refractivity contribution < 1.29 is 4.74 Å². The predicted octanol–water partition coefficient (Wildman–Crippen LogP) is 6.10. The van der Waals surface area contributed by atoms with Crippen molar-refractivity contribution >= 4 is 46.2 Å². The van der Waals surface area contributed by atoms with Crippen LogP contribution in [0.4, 0.5) is 5.69 Å². The van der Waals surface area contributed by atoms with E-state index in [0.717, 1.165) is 28.1 Å². The van der Waals surface area contributed by atoms with Crippen LogP contribution >= 0.6 is 35.4 Å². The summed E-state index contributed by atoms with van der Waals surface area (Å²) in [4.78, 5) is 6.23. The Morgan fingerprint density at radius 2 is 1.97 bits per heavy atom. The van der Waals surface area contributed by atoms with E-state index in [2.05, 4.69) is 10.3 Å². The van der Waals surface area contributed by atoms with Gasteiger partial charge in [0.1, 0.15) is 5.75 Å². The summed E-state index contributed by atoms with van der Waals surface area (Å²) >= 11 is 18.2. The summed E-state index contributed by atoms with van der Waals surface area (Å²) < 4.78 is 5.49. The Hall–Kier alpha value is -2.34. The predicted molar refractivity (Wildman–Crippen MR) is 124 cm³/mol. The molecule has 1 N–H and O–H groups in total. The molecule has 4 nitrogen and oxygen atoms in total. The summed E-state index contributed by atoms with van der Waals surface area (Å²) in [6, 6.07) is 15.3. The molecule has 0 radical (unpaired) electrons. The highest BCUT2D eigenvalue weighted by atomic mass is 35.5. The van der Waals surface area contributed by atoms with Crippen LogP contribution in [-0.2, 0) is 13.1 Å². The van der Waals surface area contributed by atoms with Gasteiger partial charge in [0.15, 0.2) is 5.11 Å². The third kappa shape index (κ3) is 5.82. The van der Waals surface area contributed by atoms with Gasteiger partial charge in [0, 0.05) is 35.5 Å². The second kappa shape index (κ2) is 9.92. The molecule has 0 atom stereocenters. The number of rotatable bonds is 6. The van der Waals surface area contributed by atoms with Gasteiger partial charge >= 0.3 is 0 Å². The summed E-state index contributed by atoms with van der Waals surface area (Å²) in [5.41, 5.74) is 3.89. The van der Waals surface area contributed by atoms with Crippen LogP contribution in [0.2, 0.25) is 10.0 Å². The molecular formula is C22H21Cl2N3OS. The van der Waals surface area contributed by atoms with E-state index in [9.17, 15) is 0 Å². The number of hydrogen-bond acceptors (Lipinski definition) is 3. The molecule has 3 rings (SSSR count). The summed E-state index contributed by atoms with van der Waals surface area (Å²) in [6.45, 7) is 3.11. The first-order valence-electron chi connectivity index (χ1n) is 8.99. The van der Waals surface area contributed by atoms with Crippen molar-refractivity contribution in [2.24, 2.45) is 0 Å². The van der Waals surface area contributed by atoms with Gasteiger partial charge in [-0.05, 0) is 66.2 Å². The van der Waals surface area contributed by atoms with Gasteiger partial charge in [-0.15, -0.1) is 0 Å². The lowest BCUT2D eigenvalue weighted by atomic mass is 10.2. The van der Waals surface area contributed by atoms with E-state index in [0.29, 0.717) is 28.2 Å². The summed E-state index contributed by atoms with van der Waals surface area (Å²) in [5, 5.41) is 5.06. The maximum absolute atomic E-state index is 6.40. The number of methoxy groups -OCH3 is 1. The second-order valence-corrected chi connectivity index (χ2v) is 7.82. The fourth-order valence-corrected chi connectivity index (χ4v) is 3.57. The lowest BCUT2D eigenvalue weighted by molar-refractivity contribution is 0.408. The van der Waals surface area contributed by atoms with Gasteiger partial charge in [-0.2, -0.15) is 0 Å². The standard InChI is InChI=1S/C22H21Cl2N3OS/c1-15-5-8-20(21(10-15)28-2)26-22(29)27(13-16-4-3-9-25-12-16)14-17-6-7-18(23)11-19(17)24/h3-12H,13-14H2,1-2H3,(H,26,29). The molecule has 0 bridgehead atoms. The molecular weight excluding hydrogens is 425 g/mol. The van der Waals surface area contributed by atoms with Crippen LogP contribution < -0.4 is 10.1 Å². The van der Waals surface area contributed by atoms with Crippen LogP contribution in [0.1, 0.15) is 16.7 Å². The highest BCUT2D eigenvalue weighted by Crippen LogP contribution is 2.27. The monoisotopic (exact) mass is 445 g/mol. The third-order valence-corrected chi connectivity index (χ3v) is 5.31. The molecule has 0 aliphatic rings. The fourth-order valence-electron chi connectivity index (χ4n) is 2.86. The highest BCUT2D eigenvalue weighted by molar-refractivity contribution is 7.80. The van der Waals surface area contributed by atoms with E-state index in [1.165, 1.54) is 0 Å². The Morgan fingerprint density at radius 1 is 1.14 bits per heavy atom. The van der Waals surface area contributed by atoms with Crippen molar-refractivity contribution in [1.29, 1.82) is 0 Å². The van der Waals surface area contributed by atoms with Crippen LogP contribution in [0, 0.1) is 6.92 Å². The van der Waals surface area contributed by atoms with E-state index >= 15 is 0 Å². The number of benzene rings is 2. The number of pyridine rings is 1. The largest absolute Gasteiger partial charge is 0.495 e. The first-order valence-corrected chi connectivity index (χ1v) is 10.2.